The number of hydrogen-bond donors (Lipinski definition) is 1. The minimum atomic E-state index is -3.93. The fraction of sp³-hybridized carbons (Fsp3) is 0.0833. The van der Waals surface area contributed by atoms with Gasteiger partial charge in [-0.2, -0.15) is 0 Å². The molecule has 21 heavy (non-hydrogen) atoms. The Morgan fingerprint density at radius 2 is 1.95 bits per heavy atom. The molecule has 0 atom stereocenters. The van der Waals surface area contributed by atoms with Gasteiger partial charge in [0.2, 0.25) is 0 Å². The lowest BCUT2D eigenvalue weighted by Crippen LogP contribution is -2.15. The third kappa shape index (κ3) is 3.49. The van der Waals surface area contributed by atoms with Gasteiger partial charge in [-0.25, -0.2) is 13.2 Å². The van der Waals surface area contributed by atoms with Crippen molar-refractivity contribution in [2.75, 3.05) is 11.8 Å². The number of esters is 1. The molecule has 2 aromatic rings. The molecule has 0 aliphatic rings. The van der Waals surface area contributed by atoms with Gasteiger partial charge in [0.15, 0.2) is 0 Å². The largest absolute Gasteiger partial charge is 0.465 e. The molecule has 0 saturated heterocycles. The highest BCUT2D eigenvalue weighted by molar-refractivity contribution is 7.93. The van der Waals surface area contributed by atoms with E-state index < -0.39 is 16.0 Å². The molecule has 0 radical (unpaired) electrons. The topological polar surface area (TPSA) is 72.5 Å². The summed E-state index contributed by atoms with van der Waals surface area (Å²) in [6.45, 7) is 0. The molecule has 112 valence electrons. The molecule has 9 heteroatoms. The van der Waals surface area contributed by atoms with Gasteiger partial charge >= 0.3 is 5.97 Å². The van der Waals surface area contributed by atoms with Gasteiger partial charge in [-0.3, -0.25) is 4.72 Å². The zero-order valence-corrected chi connectivity index (χ0v) is 13.7. The monoisotopic (exact) mass is 365 g/mol. The lowest BCUT2D eigenvalue weighted by atomic mass is 10.3. The van der Waals surface area contributed by atoms with Gasteiger partial charge in [-0.05, 0) is 29.6 Å². The number of carbonyl (C=O) groups is 1. The molecular weight excluding hydrogens is 357 g/mol. The van der Waals surface area contributed by atoms with Crippen LogP contribution in [0.3, 0.4) is 0 Å². The molecule has 0 aliphatic heterocycles. The zero-order valence-electron chi connectivity index (χ0n) is 10.6. The maximum absolute atomic E-state index is 12.3. The molecule has 0 aliphatic carbocycles. The Kier molecular flexibility index (Phi) is 4.77. The van der Waals surface area contributed by atoms with Gasteiger partial charge in [0.1, 0.15) is 9.77 Å². The number of ether oxygens (including phenoxy) is 1. The lowest BCUT2D eigenvalue weighted by molar-refractivity contribution is 0.0602. The van der Waals surface area contributed by atoms with E-state index in [0.717, 1.165) is 11.3 Å². The van der Waals surface area contributed by atoms with Crippen LogP contribution in [0.25, 0.3) is 0 Å². The molecule has 0 fully saturated rings. The van der Waals surface area contributed by atoms with Crippen molar-refractivity contribution < 1.29 is 17.9 Å². The van der Waals surface area contributed by atoms with Crippen LogP contribution < -0.4 is 4.72 Å². The number of carbonyl (C=O) groups excluding carboxylic acids is 1. The summed E-state index contributed by atoms with van der Waals surface area (Å²) in [4.78, 5) is 11.4. The summed E-state index contributed by atoms with van der Waals surface area (Å²) in [6, 6.07) is 5.65. The van der Waals surface area contributed by atoms with Crippen LogP contribution in [0.5, 0.6) is 0 Å². The molecule has 0 unspecified atom stereocenters. The van der Waals surface area contributed by atoms with E-state index in [4.69, 9.17) is 23.2 Å². The maximum Gasteiger partial charge on any atom is 0.349 e. The molecule has 0 bridgehead atoms. The number of rotatable bonds is 4. The second-order valence-electron chi connectivity index (χ2n) is 3.84. The number of benzene rings is 1. The Balaban J connectivity index is 2.37. The van der Waals surface area contributed by atoms with Crippen LogP contribution in [0.1, 0.15) is 9.67 Å². The average Bonchev–Trinajstić information content (AvgIpc) is 2.92. The van der Waals surface area contributed by atoms with E-state index in [9.17, 15) is 13.2 Å². The second kappa shape index (κ2) is 6.23. The van der Waals surface area contributed by atoms with E-state index in [1.807, 2.05) is 0 Å². The summed E-state index contributed by atoms with van der Waals surface area (Å²) >= 11 is 12.6. The molecule has 0 amide bonds. The van der Waals surface area contributed by atoms with Gasteiger partial charge in [0.05, 0.1) is 22.8 Å². The van der Waals surface area contributed by atoms with Gasteiger partial charge in [-0.1, -0.05) is 23.2 Å². The Hall–Kier alpha value is -1.28. The highest BCUT2D eigenvalue weighted by atomic mass is 35.5. The predicted octanol–water partition coefficient (Wildman–Crippen LogP) is 3.64. The van der Waals surface area contributed by atoms with Gasteiger partial charge in [0, 0.05) is 0 Å². The molecular formula is C12H9Cl2NO4S2. The fourth-order valence-corrected chi connectivity index (χ4v) is 4.20. The van der Waals surface area contributed by atoms with E-state index >= 15 is 0 Å². The third-order valence-electron chi connectivity index (χ3n) is 2.46. The van der Waals surface area contributed by atoms with Crippen LogP contribution in [-0.2, 0) is 14.8 Å². The van der Waals surface area contributed by atoms with E-state index in [1.165, 1.54) is 36.8 Å². The summed E-state index contributed by atoms with van der Waals surface area (Å²) in [7, 11) is -2.74. The van der Waals surface area contributed by atoms with Crippen LogP contribution in [0.15, 0.2) is 34.5 Å². The van der Waals surface area contributed by atoms with Crippen molar-refractivity contribution in [3.63, 3.8) is 0 Å². The lowest BCUT2D eigenvalue weighted by Gasteiger charge is -2.09. The number of halogens is 2. The average molecular weight is 366 g/mol. The first-order chi connectivity index (χ1) is 9.85. The third-order valence-corrected chi connectivity index (χ3v) is 5.65. The Morgan fingerprint density at radius 3 is 2.57 bits per heavy atom. The molecule has 1 N–H and O–H groups in total. The SMILES string of the molecule is COC(=O)c1sccc1S(=O)(=O)Nc1ccc(Cl)c(Cl)c1. The summed E-state index contributed by atoms with van der Waals surface area (Å²) < 4.78 is 31.5. The number of nitrogens with one attached hydrogen (secondary N) is 1. The van der Waals surface area contributed by atoms with Crippen LogP contribution in [0, 0.1) is 0 Å². The number of hydrogen-bond acceptors (Lipinski definition) is 5. The molecule has 0 spiro atoms. The molecule has 2 rings (SSSR count). The first-order valence-electron chi connectivity index (χ1n) is 5.49. The molecule has 1 aromatic heterocycles. The van der Waals surface area contributed by atoms with Crippen molar-refractivity contribution in [3.8, 4) is 0 Å². The number of methoxy groups -OCH3 is 1. The number of thiophene rings is 1. The summed E-state index contributed by atoms with van der Waals surface area (Å²) in [6.07, 6.45) is 0. The molecule has 1 aromatic carbocycles. The molecule has 5 nitrogen and oxygen atoms in total. The predicted molar refractivity (Wildman–Crippen MR) is 82.9 cm³/mol. The second-order valence-corrected chi connectivity index (χ2v) is 7.22. The van der Waals surface area contributed by atoms with E-state index in [0.29, 0.717) is 5.02 Å². The quantitative estimate of drug-likeness (QED) is 0.839. The number of anilines is 1. The van der Waals surface area contributed by atoms with Gasteiger partial charge < -0.3 is 4.74 Å². The van der Waals surface area contributed by atoms with E-state index in [1.54, 1.807) is 0 Å². The van der Waals surface area contributed by atoms with Crippen LogP contribution in [0.2, 0.25) is 10.0 Å². The number of sulfonamides is 1. The first-order valence-corrected chi connectivity index (χ1v) is 8.60. The van der Waals surface area contributed by atoms with E-state index in [-0.39, 0.29) is 20.5 Å². The highest BCUT2D eigenvalue weighted by Crippen LogP contribution is 2.28. The van der Waals surface area contributed by atoms with E-state index in [2.05, 4.69) is 9.46 Å². The van der Waals surface area contributed by atoms with Crippen molar-refractivity contribution in [1.82, 2.24) is 0 Å². The van der Waals surface area contributed by atoms with Gasteiger partial charge in [-0.15, -0.1) is 11.3 Å². The Labute approximate surface area is 135 Å². The maximum atomic E-state index is 12.3. The smallest absolute Gasteiger partial charge is 0.349 e. The minimum absolute atomic E-state index is 0.00469. The van der Waals surface area contributed by atoms with Crippen molar-refractivity contribution in [2.45, 2.75) is 4.90 Å². The summed E-state index contributed by atoms with van der Waals surface area (Å²) in [5, 5.41) is 2.02. The van der Waals surface area contributed by atoms with Crippen molar-refractivity contribution in [2.24, 2.45) is 0 Å². The van der Waals surface area contributed by atoms with Crippen LogP contribution >= 0.6 is 34.5 Å². The Morgan fingerprint density at radius 1 is 1.24 bits per heavy atom. The highest BCUT2D eigenvalue weighted by Gasteiger charge is 2.24. The molecule has 0 saturated carbocycles. The molecule has 1 heterocycles. The minimum Gasteiger partial charge on any atom is -0.465 e. The van der Waals surface area contributed by atoms with Crippen LogP contribution in [0.4, 0.5) is 5.69 Å². The van der Waals surface area contributed by atoms with Gasteiger partial charge in [0.25, 0.3) is 10.0 Å². The Bertz CT molecular complexity index is 786. The first kappa shape index (κ1) is 16.1. The standard InChI is InChI=1S/C12H9Cl2NO4S2/c1-19-12(16)11-10(4-5-20-11)21(17,18)15-7-2-3-8(13)9(14)6-7/h2-6,15H,1H3. The summed E-state index contributed by atoms with van der Waals surface area (Å²) in [5.74, 6) is -0.709. The normalized spacial score (nSPS) is 11.2. The van der Waals surface area contributed by atoms with Crippen molar-refractivity contribution >= 4 is 56.2 Å². The van der Waals surface area contributed by atoms with Crippen LogP contribution in [-0.4, -0.2) is 21.5 Å². The van der Waals surface area contributed by atoms with Crippen molar-refractivity contribution in [1.29, 1.82) is 0 Å². The van der Waals surface area contributed by atoms with Crippen molar-refractivity contribution in [3.05, 3.63) is 44.6 Å². The fourth-order valence-electron chi connectivity index (χ4n) is 1.52. The zero-order chi connectivity index (χ0) is 15.6. The summed E-state index contributed by atoms with van der Waals surface area (Å²) in [5.41, 5.74) is 0.242.